The molecule has 0 heterocycles. The van der Waals surface area contributed by atoms with E-state index >= 15 is 0 Å². The van der Waals surface area contributed by atoms with Crippen LogP contribution in [0.1, 0.15) is 12.5 Å². The second-order valence-electron chi connectivity index (χ2n) is 2.81. The van der Waals surface area contributed by atoms with Gasteiger partial charge in [0.25, 0.3) is 0 Å². The van der Waals surface area contributed by atoms with Crippen LogP contribution in [0.25, 0.3) is 0 Å². The number of hydrogen-bond acceptors (Lipinski definition) is 2. The molecule has 0 atom stereocenters. The molecule has 2 heteroatoms. The minimum Gasteiger partial charge on any atom is -0.386 e. The molecule has 0 radical (unpaired) electrons. The van der Waals surface area contributed by atoms with E-state index in [1.54, 1.807) is 13.1 Å². The molecule has 0 amide bonds. The van der Waals surface area contributed by atoms with Gasteiger partial charge in [0.15, 0.2) is 0 Å². The van der Waals surface area contributed by atoms with Crippen LogP contribution < -0.4 is 5.32 Å². The predicted octanol–water partition coefficient (Wildman–Crippen LogP) is 2.20. The van der Waals surface area contributed by atoms with Gasteiger partial charge in [-0.3, -0.25) is 0 Å². The normalized spacial score (nSPS) is 10.6. The van der Waals surface area contributed by atoms with Gasteiger partial charge in [0.05, 0.1) is 6.07 Å². The number of nitrogens with zero attached hydrogens (tertiary/aromatic N) is 1. The van der Waals surface area contributed by atoms with Crippen molar-refractivity contribution in [1.29, 1.82) is 5.26 Å². The van der Waals surface area contributed by atoms with E-state index in [2.05, 4.69) is 5.32 Å². The summed E-state index contributed by atoms with van der Waals surface area (Å²) < 4.78 is 0. The van der Waals surface area contributed by atoms with E-state index in [-0.39, 0.29) is 0 Å². The largest absolute Gasteiger partial charge is 0.386 e. The summed E-state index contributed by atoms with van der Waals surface area (Å²) in [6.45, 7) is 2.54. The maximum atomic E-state index is 8.47. The summed E-state index contributed by atoms with van der Waals surface area (Å²) in [6, 6.07) is 12.1. The zero-order valence-electron chi connectivity index (χ0n) is 7.62. The van der Waals surface area contributed by atoms with Crippen molar-refractivity contribution < 1.29 is 0 Å². The Morgan fingerprint density at radius 2 is 2.15 bits per heavy atom. The second kappa shape index (κ2) is 5.00. The molecule has 0 aliphatic heterocycles. The van der Waals surface area contributed by atoms with Gasteiger partial charge in [0.2, 0.25) is 0 Å². The molecule has 0 aliphatic rings. The Hall–Kier alpha value is -1.75. The van der Waals surface area contributed by atoms with E-state index < -0.39 is 0 Å². The summed E-state index contributed by atoms with van der Waals surface area (Å²) in [5.74, 6) is 0. The molecule has 1 rings (SSSR count). The number of rotatable bonds is 3. The van der Waals surface area contributed by atoms with Crippen molar-refractivity contribution in [1.82, 2.24) is 5.32 Å². The van der Waals surface area contributed by atoms with Crippen LogP contribution in [0.2, 0.25) is 0 Å². The molecule has 0 spiro atoms. The van der Waals surface area contributed by atoms with Gasteiger partial charge in [-0.1, -0.05) is 30.3 Å². The van der Waals surface area contributed by atoms with Gasteiger partial charge in [-0.25, -0.2) is 0 Å². The lowest BCUT2D eigenvalue weighted by atomic mass is 10.2. The van der Waals surface area contributed by atoms with Gasteiger partial charge in [-0.05, 0) is 12.5 Å². The van der Waals surface area contributed by atoms with Crippen LogP contribution >= 0.6 is 0 Å². The number of nitrogens with one attached hydrogen (secondary N) is 1. The quantitative estimate of drug-likeness (QED) is 0.709. The third-order valence-electron chi connectivity index (χ3n) is 1.64. The lowest BCUT2D eigenvalue weighted by molar-refractivity contribution is 0.864. The van der Waals surface area contributed by atoms with Gasteiger partial charge in [0, 0.05) is 18.3 Å². The molecule has 2 nitrogen and oxygen atoms in total. The highest BCUT2D eigenvalue weighted by molar-refractivity contribution is 5.18. The van der Waals surface area contributed by atoms with Crippen molar-refractivity contribution in [2.45, 2.75) is 13.5 Å². The van der Waals surface area contributed by atoms with Crippen molar-refractivity contribution >= 4 is 0 Å². The Balaban J connectivity index is 2.41. The first-order valence-corrected chi connectivity index (χ1v) is 4.17. The van der Waals surface area contributed by atoms with Crippen LogP contribution in [-0.4, -0.2) is 0 Å². The second-order valence-corrected chi connectivity index (χ2v) is 2.81. The molecule has 13 heavy (non-hydrogen) atoms. The lowest BCUT2D eigenvalue weighted by Crippen LogP contribution is -2.04. The Labute approximate surface area is 78.5 Å². The molecular weight excluding hydrogens is 160 g/mol. The molecule has 0 aromatic heterocycles. The molecule has 0 saturated carbocycles. The Kier molecular flexibility index (Phi) is 3.59. The zero-order chi connectivity index (χ0) is 9.52. The van der Waals surface area contributed by atoms with E-state index in [1.807, 2.05) is 36.4 Å². The van der Waals surface area contributed by atoms with Crippen LogP contribution in [-0.2, 0) is 6.54 Å². The molecule has 1 aromatic carbocycles. The standard InChI is InChI=1S/C11H12N2/c1-10(7-12)8-13-9-11-5-3-2-4-6-11/h2-6,8,13H,9H2,1H3. The Bertz CT molecular complexity index is 320. The van der Waals surface area contributed by atoms with Crippen molar-refractivity contribution in [3.05, 3.63) is 47.7 Å². The number of nitriles is 1. The highest BCUT2D eigenvalue weighted by atomic mass is 14.8. The summed E-state index contributed by atoms with van der Waals surface area (Å²) in [6.07, 6.45) is 1.73. The highest BCUT2D eigenvalue weighted by Crippen LogP contribution is 1.97. The van der Waals surface area contributed by atoms with E-state index in [9.17, 15) is 0 Å². The van der Waals surface area contributed by atoms with E-state index in [0.717, 1.165) is 6.54 Å². The topological polar surface area (TPSA) is 35.8 Å². The number of hydrogen-bond donors (Lipinski definition) is 1. The lowest BCUT2D eigenvalue weighted by Gasteiger charge is -2.00. The summed E-state index contributed by atoms with van der Waals surface area (Å²) >= 11 is 0. The molecular formula is C11H12N2. The van der Waals surface area contributed by atoms with Crippen LogP contribution in [0.4, 0.5) is 0 Å². The maximum absolute atomic E-state index is 8.47. The molecule has 1 N–H and O–H groups in total. The minimum atomic E-state index is 0.691. The van der Waals surface area contributed by atoms with Crippen LogP contribution in [0, 0.1) is 11.3 Å². The van der Waals surface area contributed by atoms with Gasteiger partial charge in [-0.15, -0.1) is 0 Å². The first-order valence-electron chi connectivity index (χ1n) is 4.17. The number of allylic oxidation sites excluding steroid dienone is 1. The molecule has 66 valence electrons. The fraction of sp³-hybridized carbons (Fsp3) is 0.182. The van der Waals surface area contributed by atoms with E-state index in [4.69, 9.17) is 5.26 Å². The third-order valence-corrected chi connectivity index (χ3v) is 1.64. The van der Waals surface area contributed by atoms with E-state index in [1.165, 1.54) is 5.56 Å². The highest BCUT2D eigenvalue weighted by Gasteiger charge is 1.87. The first-order chi connectivity index (χ1) is 6.33. The van der Waals surface area contributed by atoms with Crippen molar-refractivity contribution in [3.8, 4) is 6.07 Å². The summed E-state index contributed by atoms with van der Waals surface area (Å²) in [5, 5.41) is 11.5. The summed E-state index contributed by atoms with van der Waals surface area (Å²) in [5.41, 5.74) is 1.90. The van der Waals surface area contributed by atoms with Crippen molar-refractivity contribution in [3.63, 3.8) is 0 Å². The third kappa shape index (κ3) is 3.44. The monoisotopic (exact) mass is 172 g/mol. The van der Waals surface area contributed by atoms with Gasteiger partial charge < -0.3 is 5.32 Å². The molecule has 0 bridgehead atoms. The summed E-state index contributed by atoms with van der Waals surface area (Å²) in [7, 11) is 0. The van der Waals surface area contributed by atoms with Gasteiger partial charge >= 0.3 is 0 Å². The molecule has 0 aliphatic carbocycles. The van der Waals surface area contributed by atoms with Crippen LogP contribution in [0.5, 0.6) is 0 Å². The number of benzene rings is 1. The zero-order valence-corrected chi connectivity index (χ0v) is 7.62. The minimum absolute atomic E-state index is 0.691. The first kappa shape index (κ1) is 9.34. The molecule has 1 aromatic rings. The molecule has 0 fully saturated rings. The SMILES string of the molecule is CC(C#N)=CNCc1ccccc1. The smallest absolute Gasteiger partial charge is 0.0959 e. The Morgan fingerprint density at radius 3 is 2.77 bits per heavy atom. The van der Waals surface area contributed by atoms with Gasteiger partial charge in [-0.2, -0.15) is 5.26 Å². The fourth-order valence-electron chi connectivity index (χ4n) is 0.950. The average Bonchev–Trinajstić information content (AvgIpc) is 2.19. The predicted molar refractivity (Wildman–Crippen MR) is 52.7 cm³/mol. The van der Waals surface area contributed by atoms with Crippen LogP contribution in [0.3, 0.4) is 0 Å². The molecule has 0 unspecified atom stereocenters. The average molecular weight is 172 g/mol. The fourth-order valence-corrected chi connectivity index (χ4v) is 0.950. The van der Waals surface area contributed by atoms with Gasteiger partial charge in [0.1, 0.15) is 0 Å². The van der Waals surface area contributed by atoms with E-state index in [0.29, 0.717) is 5.57 Å². The molecule has 0 saturated heterocycles. The Morgan fingerprint density at radius 1 is 1.46 bits per heavy atom. The van der Waals surface area contributed by atoms with Crippen molar-refractivity contribution in [2.24, 2.45) is 0 Å². The van der Waals surface area contributed by atoms with Crippen molar-refractivity contribution in [2.75, 3.05) is 0 Å². The maximum Gasteiger partial charge on any atom is 0.0959 e. The summed E-state index contributed by atoms with van der Waals surface area (Å²) in [4.78, 5) is 0. The van der Waals surface area contributed by atoms with Crippen LogP contribution in [0.15, 0.2) is 42.1 Å².